The molecule has 0 aliphatic rings. The predicted octanol–water partition coefficient (Wildman–Crippen LogP) is 3.27. The van der Waals surface area contributed by atoms with Gasteiger partial charge < -0.3 is 10.2 Å². The van der Waals surface area contributed by atoms with Gasteiger partial charge in [-0.2, -0.15) is 0 Å². The van der Waals surface area contributed by atoms with Crippen LogP contribution in [-0.4, -0.2) is 25.0 Å². The highest BCUT2D eigenvalue weighted by Gasteiger charge is 2.04. The number of rotatable bonds is 8. The van der Waals surface area contributed by atoms with Crippen LogP contribution in [0.5, 0.6) is 0 Å². The van der Waals surface area contributed by atoms with E-state index in [1.165, 1.54) is 17.5 Å². The van der Waals surface area contributed by atoms with Gasteiger partial charge in [0, 0.05) is 13.1 Å². The van der Waals surface area contributed by atoms with E-state index in [9.17, 15) is 0 Å². The van der Waals surface area contributed by atoms with Gasteiger partial charge in [0.15, 0.2) is 0 Å². The molecule has 0 aliphatic carbocycles. The average Bonchev–Trinajstić information content (AvgIpc) is 2.31. The molecule has 0 amide bonds. The normalized spacial score (nSPS) is 11.4. The Bertz CT molecular complexity index is 334. The third-order valence-electron chi connectivity index (χ3n) is 3.03. The van der Waals surface area contributed by atoms with Gasteiger partial charge in [0.25, 0.3) is 0 Å². The van der Waals surface area contributed by atoms with E-state index in [2.05, 4.69) is 62.3 Å². The van der Waals surface area contributed by atoms with Crippen LogP contribution in [0.2, 0.25) is 0 Å². The lowest BCUT2D eigenvalue weighted by molar-refractivity contribution is 0.326. The fourth-order valence-corrected chi connectivity index (χ4v) is 2.13. The molecule has 0 saturated carbocycles. The third-order valence-corrected chi connectivity index (χ3v) is 3.03. The zero-order valence-corrected chi connectivity index (χ0v) is 12.4. The second kappa shape index (κ2) is 8.28. The van der Waals surface area contributed by atoms with Gasteiger partial charge in [0.05, 0.1) is 0 Å². The van der Waals surface area contributed by atoms with Gasteiger partial charge in [-0.05, 0) is 43.6 Å². The van der Waals surface area contributed by atoms with Crippen LogP contribution in [0, 0.1) is 5.92 Å². The lowest BCUT2D eigenvalue weighted by Crippen LogP contribution is -2.22. The summed E-state index contributed by atoms with van der Waals surface area (Å²) in [6, 6.07) is 8.76. The van der Waals surface area contributed by atoms with E-state index in [1.54, 1.807) is 0 Å². The zero-order chi connectivity index (χ0) is 13.4. The minimum absolute atomic E-state index is 0.708. The SMILES string of the molecule is CCCN(C)Cc1ccccc1CNCC(C)C. The standard InChI is InChI=1S/C16H28N2/c1-5-10-18(4)13-16-9-7-6-8-15(16)12-17-11-14(2)3/h6-9,14,17H,5,10-13H2,1-4H3. The van der Waals surface area contributed by atoms with Crippen LogP contribution in [0.4, 0.5) is 0 Å². The molecule has 0 fully saturated rings. The zero-order valence-electron chi connectivity index (χ0n) is 12.4. The number of benzene rings is 1. The summed E-state index contributed by atoms with van der Waals surface area (Å²) in [7, 11) is 2.20. The van der Waals surface area contributed by atoms with Gasteiger partial charge in [0.1, 0.15) is 0 Å². The van der Waals surface area contributed by atoms with Crippen molar-refractivity contribution in [3.8, 4) is 0 Å². The molecule has 0 saturated heterocycles. The molecule has 0 heterocycles. The molecule has 1 aromatic rings. The van der Waals surface area contributed by atoms with Crippen molar-refractivity contribution < 1.29 is 0 Å². The van der Waals surface area contributed by atoms with Crippen molar-refractivity contribution in [3.63, 3.8) is 0 Å². The molecule has 0 atom stereocenters. The minimum atomic E-state index is 0.708. The first-order valence-electron chi connectivity index (χ1n) is 7.09. The third kappa shape index (κ3) is 5.65. The van der Waals surface area contributed by atoms with Crippen LogP contribution < -0.4 is 5.32 Å². The second-order valence-corrected chi connectivity index (χ2v) is 5.53. The van der Waals surface area contributed by atoms with Crippen molar-refractivity contribution in [1.82, 2.24) is 10.2 Å². The monoisotopic (exact) mass is 248 g/mol. The van der Waals surface area contributed by atoms with Crippen molar-refractivity contribution in [2.75, 3.05) is 20.1 Å². The average molecular weight is 248 g/mol. The highest BCUT2D eigenvalue weighted by atomic mass is 15.1. The predicted molar refractivity (Wildman–Crippen MR) is 79.6 cm³/mol. The Morgan fingerprint density at radius 3 is 2.44 bits per heavy atom. The molecule has 2 nitrogen and oxygen atoms in total. The molecule has 2 heteroatoms. The van der Waals surface area contributed by atoms with Crippen molar-refractivity contribution in [1.29, 1.82) is 0 Å². The number of nitrogens with zero attached hydrogens (tertiary/aromatic N) is 1. The van der Waals surface area contributed by atoms with E-state index in [4.69, 9.17) is 0 Å². The van der Waals surface area contributed by atoms with E-state index in [0.29, 0.717) is 5.92 Å². The first kappa shape index (κ1) is 15.2. The fraction of sp³-hybridized carbons (Fsp3) is 0.625. The quantitative estimate of drug-likeness (QED) is 0.759. The summed E-state index contributed by atoms with van der Waals surface area (Å²) in [5, 5.41) is 3.53. The van der Waals surface area contributed by atoms with Crippen molar-refractivity contribution in [2.24, 2.45) is 5.92 Å². The van der Waals surface area contributed by atoms with Crippen molar-refractivity contribution in [3.05, 3.63) is 35.4 Å². The highest BCUT2D eigenvalue weighted by Crippen LogP contribution is 2.11. The van der Waals surface area contributed by atoms with Gasteiger partial charge in [-0.25, -0.2) is 0 Å². The van der Waals surface area contributed by atoms with Gasteiger partial charge in [-0.1, -0.05) is 45.0 Å². The smallest absolute Gasteiger partial charge is 0.0233 e. The Morgan fingerprint density at radius 2 is 1.83 bits per heavy atom. The van der Waals surface area contributed by atoms with E-state index in [0.717, 1.165) is 26.2 Å². The van der Waals surface area contributed by atoms with Crippen LogP contribution in [0.3, 0.4) is 0 Å². The topological polar surface area (TPSA) is 15.3 Å². The maximum Gasteiger partial charge on any atom is 0.0233 e. The molecule has 102 valence electrons. The second-order valence-electron chi connectivity index (χ2n) is 5.53. The van der Waals surface area contributed by atoms with Crippen molar-refractivity contribution >= 4 is 0 Å². The molecule has 0 radical (unpaired) electrons. The lowest BCUT2D eigenvalue weighted by Gasteiger charge is -2.18. The van der Waals surface area contributed by atoms with Crippen molar-refractivity contribution in [2.45, 2.75) is 40.3 Å². The summed E-state index contributed by atoms with van der Waals surface area (Å²) in [5.41, 5.74) is 2.88. The van der Waals surface area contributed by atoms with E-state index >= 15 is 0 Å². The first-order chi connectivity index (χ1) is 8.63. The molecule has 1 rings (SSSR count). The molecule has 18 heavy (non-hydrogen) atoms. The number of hydrogen-bond acceptors (Lipinski definition) is 2. The van der Waals surface area contributed by atoms with E-state index in [1.807, 2.05) is 0 Å². The summed E-state index contributed by atoms with van der Waals surface area (Å²) in [5.74, 6) is 0.708. The Morgan fingerprint density at radius 1 is 1.17 bits per heavy atom. The van der Waals surface area contributed by atoms with E-state index in [-0.39, 0.29) is 0 Å². The van der Waals surface area contributed by atoms with Gasteiger partial charge in [-0.15, -0.1) is 0 Å². The van der Waals surface area contributed by atoms with Crippen LogP contribution in [0.25, 0.3) is 0 Å². The largest absolute Gasteiger partial charge is 0.312 e. The molecule has 0 bridgehead atoms. The van der Waals surface area contributed by atoms with Gasteiger partial charge in [0.2, 0.25) is 0 Å². The van der Waals surface area contributed by atoms with Crippen LogP contribution in [0.1, 0.15) is 38.3 Å². The molecule has 0 aliphatic heterocycles. The molecule has 0 spiro atoms. The number of nitrogens with one attached hydrogen (secondary N) is 1. The summed E-state index contributed by atoms with van der Waals surface area (Å²) in [6.45, 7) is 11.0. The maximum absolute atomic E-state index is 3.53. The van der Waals surface area contributed by atoms with Crippen LogP contribution >= 0.6 is 0 Å². The summed E-state index contributed by atoms with van der Waals surface area (Å²) in [4.78, 5) is 2.39. The molecular formula is C16H28N2. The van der Waals surface area contributed by atoms with Gasteiger partial charge in [-0.3, -0.25) is 0 Å². The summed E-state index contributed by atoms with van der Waals surface area (Å²) < 4.78 is 0. The Kier molecular flexibility index (Phi) is 6.99. The summed E-state index contributed by atoms with van der Waals surface area (Å²) in [6.07, 6.45) is 1.21. The number of hydrogen-bond donors (Lipinski definition) is 1. The minimum Gasteiger partial charge on any atom is -0.312 e. The van der Waals surface area contributed by atoms with Crippen LogP contribution in [-0.2, 0) is 13.1 Å². The molecule has 1 N–H and O–H groups in total. The molecule has 1 aromatic carbocycles. The van der Waals surface area contributed by atoms with Gasteiger partial charge >= 0.3 is 0 Å². The van der Waals surface area contributed by atoms with E-state index < -0.39 is 0 Å². The summed E-state index contributed by atoms with van der Waals surface area (Å²) >= 11 is 0. The fourth-order valence-electron chi connectivity index (χ4n) is 2.13. The first-order valence-corrected chi connectivity index (χ1v) is 7.09. The maximum atomic E-state index is 3.53. The van der Waals surface area contributed by atoms with Crippen LogP contribution in [0.15, 0.2) is 24.3 Å². The molecular weight excluding hydrogens is 220 g/mol. The lowest BCUT2D eigenvalue weighted by atomic mass is 10.1. The highest BCUT2D eigenvalue weighted by molar-refractivity contribution is 5.26. The molecule has 0 unspecified atom stereocenters. The Labute approximate surface area is 112 Å². The molecule has 0 aromatic heterocycles. The Balaban J connectivity index is 2.56. The Hall–Kier alpha value is -0.860.